The van der Waals surface area contributed by atoms with Crippen molar-refractivity contribution in [2.45, 2.75) is 64.2 Å². The Bertz CT molecular complexity index is 494. The van der Waals surface area contributed by atoms with Crippen molar-refractivity contribution in [2.75, 3.05) is 0 Å². The summed E-state index contributed by atoms with van der Waals surface area (Å²) in [6.45, 7) is 0. The standard InChI is InChI=1S/C20H26.2ClH.Zr/c1-3-7-19-15(5-1)9-11-17(19)13-14-18-12-10-16-6-2-4-8-20(16)18;;;/h9-12,17-18H,1-8,13-14H2;2*1H;/q;;;+2/p-2/t17-,18-;;;/m0.../s1. The Hall–Kier alpha value is 0.423. The molecule has 3 heteroatoms. The molecule has 4 rings (SSSR count). The second kappa shape index (κ2) is 9.21. The van der Waals surface area contributed by atoms with Gasteiger partial charge in [-0.05, 0) is 87.2 Å². The summed E-state index contributed by atoms with van der Waals surface area (Å²) in [4.78, 5) is 0. The molecule has 124 valence electrons. The minimum absolute atomic E-state index is 0.784. The third-order valence-corrected chi connectivity index (χ3v) is 5.85. The molecule has 0 amide bonds. The molecule has 4 aliphatic rings. The van der Waals surface area contributed by atoms with Gasteiger partial charge < -0.3 is 0 Å². The van der Waals surface area contributed by atoms with E-state index in [1.54, 1.807) is 22.3 Å². The molecule has 0 aliphatic heterocycles. The van der Waals surface area contributed by atoms with Crippen molar-refractivity contribution < 1.29 is 20.8 Å². The van der Waals surface area contributed by atoms with Crippen LogP contribution in [0.1, 0.15) is 64.2 Å². The molecule has 0 saturated heterocycles. The van der Waals surface area contributed by atoms with Crippen molar-refractivity contribution in [3.63, 3.8) is 0 Å². The van der Waals surface area contributed by atoms with Crippen LogP contribution in [-0.4, -0.2) is 0 Å². The van der Waals surface area contributed by atoms with Gasteiger partial charge in [-0.15, -0.1) is 0 Å². The Kier molecular flexibility index (Phi) is 7.30. The van der Waals surface area contributed by atoms with E-state index in [1.807, 2.05) is 0 Å². The first-order chi connectivity index (χ1) is 11.3. The molecule has 0 aromatic rings. The predicted octanol–water partition coefficient (Wildman–Crippen LogP) is 7.26. The van der Waals surface area contributed by atoms with E-state index in [4.69, 9.17) is 17.0 Å². The molecule has 0 nitrogen and oxygen atoms in total. The van der Waals surface area contributed by atoms with E-state index in [2.05, 4.69) is 24.3 Å². The van der Waals surface area contributed by atoms with Gasteiger partial charge >= 0.3 is 37.9 Å². The molecule has 2 atom stereocenters. The van der Waals surface area contributed by atoms with Gasteiger partial charge in [0.1, 0.15) is 0 Å². The molecule has 0 unspecified atom stereocenters. The van der Waals surface area contributed by atoms with E-state index >= 15 is 0 Å². The van der Waals surface area contributed by atoms with Crippen LogP contribution in [-0.2, 0) is 20.8 Å². The zero-order valence-electron chi connectivity index (χ0n) is 13.8. The van der Waals surface area contributed by atoms with Crippen molar-refractivity contribution in [1.82, 2.24) is 0 Å². The fourth-order valence-corrected chi connectivity index (χ4v) is 4.73. The summed E-state index contributed by atoms with van der Waals surface area (Å²) in [5, 5.41) is 0. The van der Waals surface area contributed by atoms with Gasteiger partial charge in [-0.2, -0.15) is 0 Å². The van der Waals surface area contributed by atoms with E-state index < -0.39 is 20.8 Å². The summed E-state index contributed by atoms with van der Waals surface area (Å²) in [6.07, 6.45) is 23.8. The predicted molar refractivity (Wildman–Crippen MR) is 97.2 cm³/mol. The average molecular weight is 429 g/mol. The van der Waals surface area contributed by atoms with Gasteiger partial charge in [0.25, 0.3) is 0 Å². The van der Waals surface area contributed by atoms with Crippen LogP contribution in [0.4, 0.5) is 0 Å². The average Bonchev–Trinajstić information content (AvgIpc) is 3.18. The van der Waals surface area contributed by atoms with Crippen LogP contribution in [0.2, 0.25) is 0 Å². The van der Waals surface area contributed by atoms with E-state index in [0.717, 1.165) is 11.8 Å². The minimum atomic E-state index is -0.826. The zero-order valence-corrected chi connectivity index (χ0v) is 17.8. The molecule has 0 spiro atoms. The van der Waals surface area contributed by atoms with Gasteiger partial charge in [-0.25, -0.2) is 0 Å². The van der Waals surface area contributed by atoms with Gasteiger partial charge in [-0.1, -0.05) is 35.5 Å². The Balaban J connectivity index is 0.000000485. The fourth-order valence-electron chi connectivity index (χ4n) is 4.73. The summed E-state index contributed by atoms with van der Waals surface area (Å²) in [5.41, 5.74) is 6.99. The zero-order chi connectivity index (χ0) is 16.1. The van der Waals surface area contributed by atoms with Crippen LogP contribution < -0.4 is 0 Å². The normalized spacial score (nSPS) is 28.4. The first-order valence-electron chi connectivity index (χ1n) is 9.10. The van der Waals surface area contributed by atoms with Gasteiger partial charge in [0.2, 0.25) is 0 Å². The molecule has 4 aliphatic carbocycles. The summed E-state index contributed by atoms with van der Waals surface area (Å²) >= 11 is -0.826. The van der Waals surface area contributed by atoms with Crippen LogP contribution in [0.25, 0.3) is 0 Å². The van der Waals surface area contributed by atoms with E-state index in [1.165, 1.54) is 64.2 Å². The molecule has 0 aromatic carbocycles. The number of rotatable bonds is 3. The Morgan fingerprint density at radius 3 is 1.57 bits per heavy atom. The van der Waals surface area contributed by atoms with E-state index in [9.17, 15) is 0 Å². The monoisotopic (exact) mass is 426 g/mol. The van der Waals surface area contributed by atoms with Gasteiger partial charge in [0.15, 0.2) is 0 Å². The second-order valence-electron chi connectivity index (χ2n) is 7.10. The van der Waals surface area contributed by atoms with Crippen molar-refractivity contribution >= 4 is 17.0 Å². The van der Waals surface area contributed by atoms with Gasteiger partial charge in [0.05, 0.1) is 0 Å². The first kappa shape index (κ1) is 18.2. The van der Waals surface area contributed by atoms with E-state index in [0.29, 0.717) is 0 Å². The van der Waals surface area contributed by atoms with Crippen LogP contribution in [0, 0.1) is 11.8 Å². The summed E-state index contributed by atoms with van der Waals surface area (Å²) in [6, 6.07) is 0. The number of halogens is 2. The SMILES string of the molecule is C1=C[C@@H](CC[C@@H]2C=CC3=C2CCCC3)C2=C1CCCC2.[Cl][Zr][Cl]. The van der Waals surface area contributed by atoms with Crippen LogP contribution in [0.5, 0.6) is 0 Å². The summed E-state index contributed by atoms with van der Waals surface area (Å²) in [5.74, 6) is 1.57. The van der Waals surface area contributed by atoms with Crippen LogP contribution in [0.15, 0.2) is 46.6 Å². The number of hydrogen-bond acceptors (Lipinski definition) is 0. The summed E-state index contributed by atoms with van der Waals surface area (Å²) < 4.78 is 0. The second-order valence-corrected chi connectivity index (χ2v) is 10.8. The third kappa shape index (κ3) is 4.53. The van der Waals surface area contributed by atoms with E-state index in [-0.39, 0.29) is 0 Å². The molecule has 0 saturated carbocycles. The molecule has 0 fully saturated rings. The fraction of sp³-hybridized carbons (Fsp3) is 0.600. The first-order valence-corrected chi connectivity index (χ1v) is 15.4. The molecule has 0 aromatic heterocycles. The maximum atomic E-state index is 4.93. The molecule has 0 N–H and O–H groups in total. The number of hydrogen-bond donors (Lipinski definition) is 0. The van der Waals surface area contributed by atoms with Gasteiger partial charge in [0, 0.05) is 0 Å². The van der Waals surface area contributed by atoms with Crippen molar-refractivity contribution in [3.8, 4) is 0 Å². The molecule has 0 heterocycles. The molecule has 23 heavy (non-hydrogen) atoms. The summed E-state index contributed by atoms with van der Waals surface area (Å²) in [7, 11) is 9.87. The number of allylic oxidation sites excluding steroid dienone is 8. The maximum absolute atomic E-state index is 4.93. The molecular weight excluding hydrogens is 402 g/mol. The third-order valence-electron chi connectivity index (χ3n) is 5.85. The molecular formula is C20H26Cl2Zr. The van der Waals surface area contributed by atoms with Crippen molar-refractivity contribution in [1.29, 1.82) is 0 Å². The quantitative estimate of drug-likeness (QED) is 0.444. The van der Waals surface area contributed by atoms with Crippen molar-refractivity contribution in [2.24, 2.45) is 11.8 Å². The van der Waals surface area contributed by atoms with Crippen LogP contribution >= 0.6 is 17.0 Å². The van der Waals surface area contributed by atoms with Gasteiger partial charge in [-0.3, -0.25) is 0 Å². The molecule has 0 bridgehead atoms. The van der Waals surface area contributed by atoms with Crippen molar-refractivity contribution in [3.05, 3.63) is 46.6 Å². The molecule has 0 radical (unpaired) electrons. The Labute approximate surface area is 159 Å². The Morgan fingerprint density at radius 2 is 1.13 bits per heavy atom. The van der Waals surface area contributed by atoms with Crippen LogP contribution in [0.3, 0.4) is 0 Å². The Morgan fingerprint density at radius 1 is 0.739 bits per heavy atom. The topological polar surface area (TPSA) is 0 Å².